The predicted molar refractivity (Wildman–Crippen MR) is 122 cm³/mol. The van der Waals surface area contributed by atoms with Crippen molar-refractivity contribution in [3.63, 3.8) is 0 Å². The monoisotopic (exact) mass is 475 g/mol. The molecule has 0 radical (unpaired) electrons. The van der Waals surface area contributed by atoms with E-state index in [4.69, 9.17) is 9.47 Å². The number of rotatable bonds is 11. The normalized spacial score (nSPS) is 15.7. The Balaban J connectivity index is 1.64. The number of nitrogens with zero attached hydrogens (tertiary/aromatic N) is 1. The lowest BCUT2D eigenvalue weighted by Crippen LogP contribution is -2.45. The molecule has 3 rings (SSSR count). The van der Waals surface area contributed by atoms with Crippen molar-refractivity contribution >= 4 is 21.8 Å². The topological polar surface area (TPSA) is 114 Å². The van der Waals surface area contributed by atoms with E-state index < -0.39 is 22.5 Å². The van der Waals surface area contributed by atoms with E-state index in [-0.39, 0.29) is 30.0 Å². The molecule has 0 aromatic heterocycles. The SMILES string of the molecule is COc1ccc(CN(CC(=O)NC[C@@H]2CCCO2)C(=O)CNS(=O)(=O)c2ccccc2)cc1. The molecule has 10 heteroatoms. The Morgan fingerprint density at radius 1 is 1.12 bits per heavy atom. The number of benzene rings is 2. The number of nitrogens with one attached hydrogen (secondary N) is 2. The average Bonchev–Trinajstić information content (AvgIpc) is 3.36. The standard InChI is InChI=1S/C23H29N3O6S/c1-31-19-11-9-18(10-12-19)16-26(17-22(27)24-14-20-6-5-13-32-20)23(28)15-25-33(29,30)21-7-3-2-4-8-21/h2-4,7-12,20,25H,5-6,13-17H2,1H3,(H,24,27)/t20-/m0/s1. The van der Waals surface area contributed by atoms with Crippen molar-refractivity contribution in [3.8, 4) is 5.75 Å². The van der Waals surface area contributed by atoms with Gasteiger partial charge in [0.2, 0.25) is 21.8 Å². The molecular formula is C23H29N3O6S. The summed E-state index contributed by atoms with van der Waals surface area (Å²) in [7, 11) is -2.29. The van der Waals surface area contributed by atoms with Crippen LogP contribution in [-0.4, -0.2) is 64.6 Å². The molecule has 1 aliphatic rings. The number of amides is 2. The van der Waals surface area contributed by atoms with E-state index in [1.165, 1.54) is 17.0 Å². The van der Waals surface area contributed by atoms with E-state index in [9.17, 15) is 18.0 Å². The fourth-order valence-electron chi connectivity index (χ4n) is 3.40. The second kappa shape index (κ2) is 11.8. The van der Waals surface area contributed by atoms with Crippen molar-refractivity contribution in [3.05, 3.63) is 60.2 Å². The van der Waals surface area contributed by atoms with Crippen molar-refractivity contribution in [1.82, 2.24) is 14.9 Å². The maximum absolute atomic E-state index is 12.9. The minimum absolute atomic E-state index is 0.0163. The molecule has 0 aliphatic carbocycles. The average molecular weight is 476 g/mol. The maximum Gasteiger partial charge on any atom is 0.241 e. The molecule has 0 bridgehead atoms. The van der Waals surface area contributed by atoms with E-state index >= 15 is 0 Å². The Morgan fingerprint density at radius 2 is 1.85 bits per heavy atom. The van der Waals surface area contributed by atoms with Crippen LogP contribution in [0.3, 0.4) is 0 Å². The van der Waals surface area contributed by atoms with Crippen LogP contribution in [0.4, 0.5) is 0 Å². The summed E-state index contributed by atoms with van der Waals surface area (Å²) in [5, 5.41) is 2.80. The Kier molecular flexibility index (Phi) is 8.81. The van der Waals surface area contributed by atoms with Gasteiger partial charge in [0.05, 0.1) is 31.2 Å². The highest BCUT2D eigenvalue weighted by molar-refractivity contribution is 7.89. The third-order valence-electron chi connectivity index (χ3n) is 5.24. The minimum atomic E-state index is -3.85. The van der Waals surface area contributed by atoms with Gasteiger partial charge in [-0.15, -0.1) is 0 Å². The van der Waals surface area contributed by atoms with Gasteiger partial charge in [0.15, 0.2) is 0 Å². The van der Waals surface area contributed by atoms with Gasteiger partial charge in [0, 0.05) is 19.7 Å². The van der Waals surface area contributed by atoms with Crippen LogP contribution >= 0.6 is 0 Å². The zero-order valence-electron chi connectivity index (χ0n) is 18.5. The zero-order valence-corrected chi connectivity index (χ0v) is 19.3. The van der Waals surface area contributed by atoms with Gasteiger partial charge >= 0.3 is 0 Å². The van der Waals surface area contributed by atoms with Crippen LogP contribution in [0.1, 0.15) is 18.4 Å². The van der Waals surface area contributed by atoms with Gasteiger partial charge in [0.1, 0.15) is 5.75 Å². The third-order valence-corrected chi connectivity index (χ3v) is 6.65. The number of carbonyl (C=O) groups is 2. The van der Waals surface area contributed by atoms with Gasteiger partial charge in [-0.1, -0.05) is 30.3 Å². The highest BCUT2D eigenvalue weighted by atomic mass is 32.2. The summed E-state index contributed by atoms with van der Waals surface area (Å²) in [5.41, 5.74) is 0.780. The Bertz CT molecular complexity index is 1020. The van der Waals surface area contributed by atoms with Crippen LogP contribution in [0, 0.1) is 0 Å². The summed E-state index contributed by atoms with van der Waals surface area (Å²) >= 11 is 0. The molecule has 1 saturated heterocycles. The first-order valence-corrected chi connectivity index (χ1v) is 12.2. The molecule has 1 heterocycles. The molecule has 1 aliphatic heterocycles. The summed E-state index contributed by atoms with van der Waals surface area (Å²) in [6, 6.07) is 14.9. The Hall–Kier alpha value is -2.95. The lowest BCUT2D eigenvalue weighted by atomic mass is 10.2. The first-order chi connectivity index (χ1) is 15.9. The van der Waals surface area contributed by atoms with Gasteiger partial charge in [-0.05, 0) is 42.7 Å². The largest absolute Gasteiger partial charge is 0.497 e. The van der Waals surface area contributed by atoms with Gasteiger partial charge < -0.3 is 19.7 Å². The van der Waals surface area contributed by atoms with Crippen molar-refractivity contribution in [2.45, 2.75) is 30.4 Å². The van der Waals surface area contributed by atoms with E-state index in [1.54, 1.807) is 49.6 Å². The molecule has 1 fully saturated rings. The molecule has 2 N–H and O–H groups in total. The second-order valence-electron chi connectivity index (χ2n) is 7.67. The minimum Gasteiger partial charge on any atom is -0.497 e. The van der Waals surface area contributed by atoms with Crippen LogP contribution < -0.4 is 14.8 Å². The van der Waals surface area contributed by atoms with Crippen LogP contribution in [0.15, 0.2) is 59.5 Å². The fourth-order valence-corrected chi connectivity index (χ4v) is 4.39. The quantitative estimate of drug-likeness (QED) is 0.506. The van der Waals surface area contributed by atoms with Crippen LogP contribution in [0.25, 0.3) is 0 Å². The van der Waals surface area contributed by atoms with Crippen LogP contribution in [0.2, 0.25) is 0 Å². The van der Waals surface area contributed by atoms with E-state index in [1.807, 2.05) is 0 Å². The van der Waals surface area contributed by atoms with Crippen LogP contribution in [0.5, 0.6) is 5.75 Å². The summed E-state index contributed by atoms with van der Waals surface area (Å²) in [5.74, 6) is -0.183. The first-order valence-electron chi connectivity index (χ1n) is 10.7. The van der Waals surface area contributed by atoms with E-state index in [2.05, 4.69) is 10.0 Å². The van der Waals surface area contributed by atoms with Gasteiger partial charge in [-0.2, -0.15) is 0 Å². The fraction of sp³-hybridized carbons (Fsp3) is 0.391. The van der Waals surface area contributed by atoms with Crippen molar-refractivity contribution in [2.75, 3.05) is 33.4 Å². The molecule has 9 nitrogen and oxygen atoms in total. The number of hydrogen-bond donors (Lipinski definition) is 2. The molecule has 2 aromatic rings. The van der Waals surface area contributed by atoms with Gasteiger partial charge in [-0.3, -0.25) is 9.59 Å². The number of sulfonamides is 1. The third kappa shape index (κ3) is 7.55. The summed E-state index contributed by atoms with van der Waals surface area (Å²) in [6.45, 7) is 0.536. The molecule has 0 saturated carbocycles. The molecule has 2 aromatic carbocycles. The molecule has 0 unspecified atom stereocenters. The van der Waals surface area contributed by atoms with E-state index in [0.717, 1.165) is 18.4 Å². The Morgan fingerprint density at radius 3 is 2.48 bits per heavy atom. The number of methoxy groups -OCH3 is 1. The summed E-state index contributed by atoms with van der Waals surface area (Å²) in [4.78, 5) is 26.8. The number of hydrogen-bond acceptors (Lipinski definition) is 6. The zero-order chi connectivity index (χ0) is 23.7. The molecular weight excluding hydrogens is 446 g/mol. The van der Waals surface area contributed by atoms with Crippen molar-refractivity contribution in [1.29, 1.82) is 0 Å². The predicted octanol–water partition coefficient (Wildman–Crippen LogP) is 1.30. The molecule has 1 atom stereocenters. The number of carbonyl (C=O) groups excluding carboxylic acids is 2. The van der Waals surface area contributed by atoms with Gasteiger partial charge in [0.25, 0.3) is 0 Å². The lowest BCUT2D eigenvalue weighted by Gasteiger charge is -2.23. The van der Waals surface area contributed by atoms with Crippen molar-refractivity contribution in [2.24, 2.45) is 0 Å². The molecule has 2 amide bonds. The highest BCUT2D eigenvalue weighted by Gasteiger charge is 2.22. The summed E-state index contributed by atoms with van der Waals surface area (Å²) < 4.78 is 37.9. The molecule has 33 heavy (non-hydrogen) atoms. The Labute approximate surface area is 194 Å². The van der Waals surface area contributed by atoms with Crippen molar-refractivity contribution < 1.29 is 27.5 Å². The molecule has 178 valence electrons. The van der Waals surface area contributed by atoms with E-state index in [0.29, 0.717) is 18.9 Å². The maximum atomic E-state index is 12.9. The molecule has 0 spiro atoms. The second-order valence-corrected chi connectivity index (χ2v) is 9.44. The highest BCUT2D eigenvalue weighted by Crippen LogP contribution is 2.14. The smallest absolute Gasteiger partial charge is 0.241 e. The van der Waals surface area contributed by atoms with Gasteiger partial charge in [-0.25, -0.2) is 13.1 Å². The lowest BCUT2D eigenvalue weighted by molar-refractivity contribution is -0.135. The van der Waals surface area contributed by atoms with Crippen LogP contribution in [-0.2, 0) is 30.9 Å². The summed E-state index contributed by atoms with van der Waals surface area (Å²) in [6.07, 6.45) is 1.83. The first kappa shape index (κ1) is 24.7. The number of ether oxygens (including phenoxy) is 2.